The van der Waals surface area contributed by atoms with Gasteiger partial charge in [-0.2, -0.15) is 0 Å². The highest BCUT2D eigenvalue weighted by molar-refractivity contribution is 14.0. The molecule has 7 nitrogen and oxygen atoms in total. The molecule has 2 saturated heterocycles. The molecular formula is C20H42IN5O2. The second-order valence-electron chi connectivity index (χ2n) is 8.55. The van der Waals surface area contributed by atoms with E-state index in [4.69, 9.17) is 4.74 Å². The summed E-state index contributed by atoms with van der Waals surface area (Å²) in [6.07, 6.45) is 2.64. The lowest BCUT2D eigenvalue weighted by Crippen LogP contribution is -2.50. The van der Waals surface area contributed by atoms with Crippen LogP contribution in [-0.4, -0.2) is 98.1 Å². The van der Waals surface area contributed by atoms with Crippen molar-refractivity contribution in [2.45, 2.75) is 52.2 Å². The number of nitrogens with one attached hydrogen (secondary N) is 2. The molecule has 0 bridgehead atoms. The first-order valence-corrected chi connectivity index (χ1v) is 10.7. The van der Waals surface area contributed by atoms with Crippen molar-refractivity contribution in [3.8, 4) is 0 Å². The standard InChI is InChI=1S/C20H41N5O2.HI/c1-5-21-19(22-13-18(3)25-8-6-7-17(2)14-25)23-15-20(4,26)16-24-9-11-27-12-10-24;/h17-18,26H,5-16H2,1-4H3,(H2,21,22,23);1H. The molecule has 2 aliphatic rings. The van der Waals surface area contributed by atoms with Crippen LogP contribution in [0.1, 0.15) is 40.5 Å². The number of hydrogen-bond donors (Lipinski definition) is 3. The summed E-state index contributed by atoms with van der Waals surface area (Å²) in [6.45, 7) is 16.9. The second-order valence-corrected chi connectivity index (χ2v) is 8.55. The summed E-state index contributed by atoms with van der Waals surface area (Å²) >= 11 is 0. The summed E-state index contributed by atoms with van der Waals surface area (Å²) in [5.41, 5.74) is -0.840. The molecule has 166 valence electrons. The van der Waals surface area contributed by atoms with Crippen LogP contribution in [0.5, 0.6) is 0 Å². The minimum atomic E-state index is -0.840. The van der Waals surface area contributed by atoms with E-state index >= 15 is 0 Å². The number of nitrogens with zero attached hydrogens (tertiary/aromatic N) is 3. The number of aliphatic imine (C=N–C) groups is 1. The van der Waals surface area contributed by atoms with Crippen LogP contribution in [-0.2, 0) is 4.74 Å². The number of β-amino-alcohol motifs (C(OH)–C–C–N with tert-alkyl or cyclic N) is 1. The van der Waals surface area contributed by atoms with Crippen LogP contribution >= 0.6 is 24.0 Å². The Labute approximate surface area is 188 Å². The minimum Gasteiger partial charge on any atom is -0.387 e. The molecular weight excluding hydrogens is 469 g/mol. The second kappa shape index (κ2) is 13.2. The number of piperidine rings is 1. The average Bonchev–Trinajstić information content (AvgIpc) is 2.64. The van der Waals surface area contributed by atoms with E-state index in [1.165, 1.54) is 25.9 Å². The highest BCUT2D eigenvalue weighted by Gasteiger charge is 2.25. The number of hydrogen-bond acceptors (Lipinski definition) is 5. The van der Waals surface area contributed by atoms with E-state index < -0.39 is 5.60 Å². The third kappa shape index (κ3) is 9.56. The van der Waals surface area contributed by atoms with Crippen molar-refractivity contribution < 1.29 is 9.84 Å². The Bertz CT molecular complexity index is 458. The Kier molecular flexibility index (Phi) is 12.2. The maximum atomic E-state index is 10.7. The Morgan fingerprint density at radius 1 is 1.29 bits per heavy atom. The number of ether oxygens (including phenoxy) is 1. The summed E-state index contributed by atoms with van der Waals surface area (Å²) < 4.78 is 5.38. The fourth-order valence-electron chi connectivity index (χ4n) is 3.88. The van der Waals surface area contributed by atoms with E-state index in [-0.39, 0.29) is 24.0 Å². The number of aliphatic hydroxyl groups is 1. The predicted molar refractivity (Wildman–Crippen MR) is 127 cm³/mol. The maximum Gasteiger partial charge on any atom is 0.191 e. The molecule has 2 aliphatic heterocycles. The number of morpholine rings is 1. The minimum absolute atomic E-state index is 0. The largest absolute Gasteiger partial charge is 0.387 e. The summed E-state index contributed by atoms with van der Waals surface area (Å²) in [4.78, 5) is 9.47. The highest BCUT2D eigenvalue weighted by atomic mass is 127. The van der Waals surface area contributed by atoms with Crippen molar-refractivity contribution >= 4 is 29.9 Å². The summed E-state index contributed by atoms with van der Waals surface area (Å²) in [6, 6.07) is 0.477. The zero-order valence-electron chi connectivity index (χ0n) is 18.2. The van der Waals surface area contributed by atoms with Crippen molar-refractivity contribution in [1.29, 1.82) is 0 Å². The molecule has 3 unspecified atom stereocenters. The van der Waals surface area contributed by atoms with E-state index in [0.29, 0.717) is 19.1 Å². The molecule has 0 aliphatic carbocycles. The third-order valence-electron chi connectivity index (χ3n) is 5.47. The van der Waals surface area contributed by atoms with Crippen LogP contribution in [0.25, 0.3) is 0 Å². The number of halogens is 1. The van der Waals surface area contributed by atoms with Crippen molar-refractivity contribution in [1.82, 2.24) is 20.4 Å². The van der Waals surface area contributed by atoms with Crippen molar-refractivity contribution in [3.05, 3.63) is 0 Å². The molecule has 3 atom stereocenters. The Balaban J connectivity index is 0.00000392. The molecule has 2 fully saturated rings. The first kappa shape index (κ1) is 25.9. The Morgan fingerprint density at radius 3 is 2.64 bits per heavy atom. The SMILES string of the molecule is CCNC(=NCC(C)(O)CN1CCOCC1)NCC(C)N1CCCC(C)C1.I. The highest BCUT2D eigenvalue weighted by Crippen LogP contribution is 2.17. The number of likely N-dealkylation sites (tertiary alicyclic amines) is 1. The zero-order chi connectivity index (χ0) is 19.7. The van der Waals surface area contributed by atoms with Gasteiger partial charge in [0.25, 0.3) is 0 Å². The molecule has 0 aromatic heterocycles. The van der Waals surface area contributed by atoms with Gasteiger partial charge in [-0.05, 0) is 46.1 Å². The molecule has 2 heterocycles. The van der Waals surface area contributed by atoms with Gasteiger partial charge in [-0.1, -0.05) is 6.92 Å². The van der Waals surface area contributed by atoms with Gasteiger partial charge in [0.05, 0.1) is 25.4 Å². The van der Waals surface area contributed by atoms with Crippen LogP contribution in [0.15, 0.2) is 4.99 Å². The molecule has 0 aromatic carbocycles. The van der Waals surface area contributed by atoms with E-state index in [1.807, 2.05) is 6.92 Å². The lowest BCUT2D eigenvalue weighted by molar-refractivity contribution is -0.0180. The van der Waals surface area contributed by atoms with Crippen LogP contribution in [0.3, 0.4) is 0 Å². The molecule has 0 spiro atoms. The molecule has 8 heteroatoms. The van der Waals surface area contributed by atoms with Crippen LogP contribution < -0.4 is 10.6 Å². The molecule has 2 rings (SSSR count). The fourth-order valence-corrected chi connectivity index (χ4v) is 3.88. The van der Waals surface area contributed by atoms with Crippen molar-refractivity contribution in [2.24, 2.45) is 10.9 Å². The molecule has 28 heavy (non-hydrogen) atoms. The predicted octanol–water partition coefficient (Wildman–Crippen LogP) is 1.36. The Hall–Kier alpha value is -0.160. The number of rotatable bonds is 8. The van der Waals surface area contributed by atoms with Gasteiger partial charge >= 0.3 is 0 Å². The quantitative estimate of drug-likeness (QED) is 0.260. The maximum absolute atomic E-state index is 10.7. The normalized spacial score (nSPS) is 25.5. The Morgan fingerprint density at radius 2 is 2.00 bits per heavy atom. The first-order valence-electron chi connectivity index (χ1n) is 10.7. The van der Waals surface area contributed by atoms with E-state index in [1.54, 1.807) is 0 Å². The van der Waals surface area contributed by atoms with Crippen LogP contribution in [0.2, 0.25) is 0 Å². The van der Waals surface area contributed by atoms with Crippen molar-refractivity contribution in [3.63, 3.8) is 0 Å². The molecule has 0 radical (unpaired) electrons. The van der Waals surface area contributed by atoms with Gasteiger partial charge in [0, 0.05) is 45.3 Å². The smallest absolute Gasteiger partial charge is 0.191 e. The average molecular weight is 511 g/mol. The monoisotopic (exact) mass is 511 g/mol. The third-order valence-corrected chi connectivity index (χ3v) is 5.47. The van der Waals surface area contributed by atoms with Gasteiger partial charge in [-0.25, -0.2) is 0 Å². The van der Waals surface area contributed by atoms with Gasteiger partial charge in [0.15, 0.2) is 5.96 Å². The van der Waals surface area contributed by atoms with Crippen molar-refractivity contribution in [2.75, 3.05) is 65.6 Å². The lowest BCUT2D eigenvalue weighted by Gasteiger charge is -2.36. The summed E-state index contributed by atoms with van der Waals surface area (Å²) in [5.74, 6) is 1.58. The van der Waals surface area contributed by atoms with E-state index in [2.05, 4.69) is 46.2 Å². The first-order chi connectivity index (χ1) is 12.9. The lowest BCUT2D eigenvalue weighted by atomic mass is 9.99. The van der Waals surface area contributed by atoms with Gasteiger partial charge in [0.1, 0.15) is 0 Å². The zero-order valence-corrected chi connectivity index (χ0v) is 20.6. The topological polar surface area (TPSA) is 72.4 Å². The molecule has 3 N–H and O–H groups in total. The fraction of sp³-hybridized carbons (Fsp3) is 0.950. The van der Waals surface area contributed by atoms with Gasteiger partial charge in [-0.3, -0.25) is 14.8 Å². The van der Waals surface area contributed by atoms with Crippen LogP contribution in [0, 0.1) is 5.92 Å². The number of guanidine groups is 1. The summed E-state index contributed by atoms with van der Waals surface area (Å²) in [7, 11) is 0. The van der Waals surface area contributed by atoms with Gasteiger partial charge in [0.2, 0.25) is 0 Å². The molecule has 0 saturated carbocycles. The van der Waals surface area contributed by atoms with E-state index in [0.717, 1.165) is 51.3 Å². The van der Waals surface area contributed by atoms with Crippen LogP contribution in [0.4, 0.5) is 0 Å². The summed E-state index contributed by atoms with van der Waals surface area (Å²) in [5, 5.41) is 17.5. The van der Waals surface area contributed by atoms with Gasteiger partial charge in [-0.15, -0.1) is 24.0 Å². The van der Waals surface area contributed by atoms with Gasteiger partial charge < -0.3 is 20.5 Å². The van der Waals surface area contributed by atoms with E-state index in [9.17, 15) is 5.11 Å². The molecule has 0 amide bonds. The molecule has 0 aromatic rings.